The van der Waals surface area contributed by atoms with E-state index in [2.05, 4.69) is 0 Å². The summed E-state index contributed by atoms with van der Waals surface area (Å²) in [5.41, 5.74) is 0. The molecule has 1 aliphatic carbocycles. The summed E-state index contributed by atoms with van der Waals surface area (Å²) in [5, 5.41) is 0. The molecule has 0 saturated heterocycles. The third-order valence-corrected chi connectivity index (χ3v) is 3.02. The minimum Gasteiger partial charge on any atom is -0.462 e. The smallest absolute Gasteiger partial charge is 0.306 e. The maximum absolute atomic E-state index is 11.6. The highest BCUT2D eigenvalue weighted by molar-refractivity contribution is 5.81. The van der Waals surface area contributed by atoms with Crippen LogP contribution in [0.4, 0.5) is 0 Å². The van der Waals surface area contributed by atoms with Crippen LogP contribution in [0.15, 0.2) is 0 Å². The maximum atomic E-state index is 11.6. The molecule has 1 rings (SSSR count). The van der Waals surface area contributed by atoms with Gasteiger partial charge in [-0.2, -0.15) is 0 Å². The van der Waals surface area contributed by atoms with E-state index in [4.69, 9.17) is 14.2 Å². The minimum absolute atomic E-state index is 0.0162. The van der Waals surface area contributed by atoms with Crippen molar-refractivity contribution in [1.29, 1.82) is 0 Å². The largest absolute Gasteiger partial charge is 0.462 e. The minimum atomic E-state index is -0.614. The lowest BCUT2D eigenvalue weighted by molar-refractivity contribution is -0.162. The summed E-state index contributed by atoms with van der Waals surface area (Å²) in [5.74, 6) is -1.55. The van der Waals surface area contributed by atoms with Gasteiger partial charge in [-0.15, -0.1) is 0 Å². The zero-order valence-corrected chi connectivity index (χ0v) is 12.4. The Balaban J connectivity index is 2.53. The van der Waals surface area contributed by atoms with Gasteiger partial charge in [0.2, 0.25) is 0 Å². The standard InChI is InChI=1S/C14H20O7/c1-8(15)4-5-14(18)21-11-6-12(19-9(2)16)13(7-11)20-10(3)17/h11-13H,4-7H2,1-3H3/t11?,12-,13+. The highest BCUT2D eigenvalue weighted by Gasteiger charge is 2.40. The molecule has 0 spiro atoms. The second-order valence-corrected chi connectivity index (χ2v) is 5.08. The molecule has 0 aromatic carbocycles. The SMILES string of the molecule is CC(=O)CCC(=O)OC1C[C@H](OC(C)=O)[C@H](OC(C)=O)C1. The summed E-state index contributed by atoms with van der Waals surface area (Å²) >= 11 is 0. The number of carbonyl (C=O) groups is 4. The van der Waals surface area contributed by atoms with Crippen LogP contribution in [-0.2, 0) is 33.4 Å². The third kappa shape index (κ3) is 6.37. The molecular weight excluding hydrogens is 280 g/mol. The first-order valence-electron chi connectivity index (χ1n) is 6.81. The molecule has 3 atom stereocenters. The number of ketones is 1. The molecule has 0 heterocycles. The van der Waals surface area contributed by atoms with Crippen molar-refractivity contribution in [3.05, 3.63) is 0 Å². The number of esters is 3. The van der Waals surface area contributed by atoms with Crippen molar-refractivity contribution in [2.75, 3.05) is 0 Å². The number of hydrogen-bond acceptors (Lipinski definition) is 7. The molecular formula is C14H20O7. The van der Waals surface area contributed by atoms with Crippen LogP contribution in [0.2, 0.25) is 0 Å². The van der Waals surface area contributed by atoms with Crippen LogP contribution in [0.3, 0.4) is 0 Å². The van der Waals surface area contributed by atoms with Crippen molar-refractivity contribution < 1.29 is 33.4 Å². The molecule has 0 aromatic rings. The lowest BCUT2D eigenvalue weighted by atomic mass is 10.2. The first kappa shape index (κ1) is 17.1. The average Bonchev–Trinajstić information content (AvgIpc) is 2.66. The van der Waals surface area contributed by atoms with Crippen LogP contribution >= 0.6 is 0 Å². The molecule has 0 N–H and O–H groups in total. The molecule has 21 heavy (non-hydrogen) atoms. The third-order valence-electron chi connectivity index (χ3n) is 3.02. The summed E-state index contributed by atoms with van der Waals surface area (Å²) in [7, 11) is 0. The fraction of sp³-hybridized carbons (Fsp3) is 0.714. The monoisotopic (exact) mass is 300 g/mol. The highest BCUT2D eigenvalue weighted by Crippen LogP contribution is 2.28. The van der Waals surface area contributed by atoms with Crippen LogP contribution in [0, 0.1) is 0 Å². The zero-order chi connectivity index (χ0) is 16.0. The molecule has 0 aromatic heterocycles. The molecule has 0 radical (unpaired) electrons. The van der Waals surface area contributed by atoms with Crippen molar-refractivity contribution in [3.8, 4) is 0 Å². The number of carbonyl (C=O) groups excluding carboxylic acids is 4. The Morgan fingerprint density at radius 3 is 1.67 bits per heavy atom. The molecule has 1 aliphatic rings. The Hall–Kier alpha value is -1.92. The van der Waals surface area contributed by atoms with Crippen LogP contribution in [0.25, 0.3) is 0 Å². The van der Waals surface area contributed by atoms with E-state index in [0.29, 0.717) is 0 Å². The van der Waals surface area contributed by atoms with E-state index in [9.17, 15) is 19.2 Å². The van der Waals surface area contributed by atoms with Gasteiger partial charge in [0.15, 0.2) is 0 Å². The van der Waals surface area contributed by atoms with Gasteiger partial charge in [-0.25, -0.2) is 0 Å². The van der Waals surface area contributed by atoms with Crippen molar-refractivity contribution in [1.82, 2.24) is 0 Å². The highest BCUT2D eigenvalue weighted by atomic mass is 16.6. The second kappa shape index (κ2) is 7.75. The van der Waals surface area contributed by atoms with Gasteiger partial charge < -0.3 is 19.0 Å². The van der Waals surface area contributed by atoms with Crippen molar-refractivity contribution in [2.24, 2.45) is 0 Å². The molecule has 118 valence electrons. The normalized spacial score (nSPS) is 24.2. The van der Waals surface area contributed by atoms with Crippen LogP contribution in [0.1, 0.15) is 46.5 Å². The van der Waals surface area contributed by atoms with Gasteiger partial charge in [-0.3, -0.25) is 14.4 Å². The second-order valence-electron chi connectivity index (χ2n) is 5.08. The summed E-state index contributed by atoms with van der Waals surface area (Å²) in [4.78, 5) is 44.4. The number of ether oxygens (including phenoxy) is 3. The predicted molar refractivity (Wildman–Crippen MR) is 70.1 cm³/mol. The summed E-state index contributed by atoms with van der Waals surface area (Å²) < 4.78 is 15.4. The van der Waals surface area contributed by atoms with Gasteiger partial charge in [0, 0.05) is 33.1 Å². The Morgan fingerprint density at radius 1 is 0.810 bits per heavy atom. The van der Waals surface area contributed by atoms with E-state index in [1.807, 2.05) is 0 Å². The maximum Gasteiger partial charge on any atom is 0.306 e. The average molecular weight is 300 g/mol. The van der Waals surface area contributed by atoms with Crippen molar-refractivity contribution >= 4 is 23.7 Å². The molecule has 1 unspecified atom stereocenters. The number of hydrogen-bond donors (Lipinski definition) is 0. The first-order chi connectivity index (χ1) is 9.77. The number of rotatable bonds is 6. The summed E-state index contributed by atoms with van der Waals surface area (Å²) in [6.07, 6.45) is -1.01. The molecule has 0 amide bonds. The topological polar surface area (TPSA) is 96.0 Å². The van der Waals surface area contributed by atoms with Crippen molar-refractivity contribution in [2.45, 2.75) is 64.8 Å². The molecule has 0 bridgehead atoms. The molecule has 1 fully saturated rings. The quantitative estimate of drug-likeness (QED) is 0.531. The van der Waals surface area contributed by atoms with Gasteiger partial charge in [-0.1, -0.05) is 0 Å². The van der Waals surface area contributed by atoms with Gasteiger partial charge in [0.1, 0.15) is 24.1 Å². The van der Waals surface area contributed by atoms with E-state index in [1.165, 1.54) is 20.8 Å². The van der Waals surface area contributed by atoms with Crippen molar-refractivity contribution in [3.63, 3.8) is 0 Å². The predicted octanol–water partition coefficient (Wildman–Crippen LogP) is 0.925. The van der Waals surface area contributed by atoms with Crippen LogP contribution in [-0.4, -0.2) is 42.0 Å². The van der Waals surface area contributed by atoms with E-state index in [1.54, 1.807) is 0 Å². The van der Waals surface area contributed by atoms with Crippen LogP contribution in [0.5, 0.6) is 0 Å². The van der Waals surface area contributed by atoms with E-state index < -0.39 is 36.2 Å². The van der Waals surface area contributed by atoms with Crippen LogP contribution < -0.4 is 0 Å². The Kier molecular flexibility index (Phi) is 6.33. The fourth-order valence-electron chi connectivity index (χ4n) is 2.21. The Bertz CT molecular complexity index is 405. The van der Waals surface area contributed by atoms with Gasteiger partial charge >= 0.3 is 17.9 Å². The molecule has 0 aliphatic heterocycles. The van der Waals surface area contributed by atoms with Gasteiger partial charge in [0.25, 0.3) is 0 Å². The Morgan fingerprint density at radius 2 is 1.29 bits per heavy atom. The molecule has 7 heteroatoms. The summed E-state index contributed by atoms with van der Waals surface area (Å²) in [6.45, 7) is 3.92. The Labute approximate surface area is 122 Å². The van der Waals surface area contributed by atoms with Gasteiger partial charge in [-0.05, 0) is 6.92 Å². The zero-order valence-electron chi connectivity index (χ0n) is 12.4. The van der Waals surface area contributed by atoms with E-state index in [0.717, 1.165) is 0 Å². The lowest BCUT2D eigenvalue weighted by Crippen LogP contribution is -2.29. The van der Waals surface area contributed by atoms with E-state index >= 15 is 0 Å². The summed E-state index contributed by atoms with van der Waals surface area (Å²) in [6, 6.07) is 0. The molecule has 7 nitrogen and oxygen atoms in total. The lowest BCUT2D eigenvalue weighted by Gasteiger charge is -2.18. The van der Waals surface area contributed by atoms with Gasteiger partial charge in [0.05, 0.1) is 6.42 Å². The fourth-order valence-corrected chi connectivity index (χ4v) is 2.21. The molecule has 1 saturated carbocycles. The van der Waals surface area contributed by atoms with E-state index in [-0.39, 0.29) is 31.5 Å². The number of Topliss-reactive ketones (excluding diaryl/α,β-unsaturated/α-hetero) is 1. The first-order valence-corrected chi connectivity index (χ1v) is 6.81.